The van der Waals surface area contributed by atoms with Crippen molar-refractivity contribution in [3.05, 3.63) is 65.0 Å². The Labute approximate surface area is 192 Å². The second-order valence-corrected chi connectivity index (χ2v) is 10.1. The number of benzene rings is 2. The number of nitrogens with zero attached hydrogens (tertiary/aromatic N) is 2. The Bertz CT molecular complexity index is 1110. The van der Waals surface area contributed by atoms with E-state index in [-0.39, 0.29) is 23.3 Å². The first-order valence-electron chi connectivity index (χ1n) is 10.8. The molecule has 33 heavy (non-hydrogen) atoms. The number of anilines is 1. The molecule has 1 aliphatic heterocycles. The summed E-state index contributed by atoms with van der Waals surface area (Å²) >= 11 is 0. The number of hydrogen-bond donors (Lipinski definition) is 1. The fraction of sp³-hybridized carbons (Fsp3) is 0.435. The molecular formula is C23H28F3N3O3S. The molecule has 0 bridgehead atoms. The van der Waals surface area contributed by atoms with Crippen LogP contribution in [0.5, 0.6) is 0 Å². The van der Waals surface area contributed by atoms with E-state index in [9.17, 15) is 26.4 Å². The van der Waals surface area contributed by atoms with Gasteiger partial charge >= 0.3 is 0 Å². The molecule has 1 heterocycles. The van der Waals surface area contributed by atoms with Gasteiger partial charge in [-0.15, -0.1) is 0 Å². The Hall–Kier alpha value is -2.59. The minimum absolute atomic E-state index is 0.0112. The normalized spacial score (nSPS) is 18.2. The Morgan fingerprint density at radius 2 is 1.73 bits per heavy atom. The standard InChI is InChI=1S/C23H28F3N3O3S/c1-4-13-33(31,32)27-18-7-5-17(6-8-18)23(30)29-12-11-28(14-15(29)2)16(3)21-19(24)9-10-20(25)22(21)26/h5-10,15-16,27H,4,11-14H2,1-3H3/t15-,16?/m0/s1. The fourth-order valence-corrected chi connectivity index (χ4v) is 5.23. The molecule has 0 saturated carbocycles. The molecule has 0 aliphatic carbocycles. The number of carbonyl (C=O) groups is 1. The minimum Gasteiger partial charge on any atom is -0.333 e. The number of piperazine rings is 1. The second kappa shape index (κ2) is 10.1. The number of sulfonamides is 1. The first-order valence-corrected chi connectivity index (χ1v) is 12.5. The van der Waals surface area contributed by atoms with Crippen LogP contribution >= 0.6 is 0 Å². The van der Waals surface area contributed by atoms with Gasteiger partial charge in [0.1, 0.15) is 5.82 Å². The van der Waals surface area contributed by atoms with Crippen molar-refractivity contribution in [1.82, 2.24) is 9.80 Å². The summed E-state index contributed by atoms with van der Waals surface area (Å²) in [5.41, 5.74) is 0.470. The third-order valence-corrected chi connectivity index (χ3v) is 7.34. The maximum atomic E-state index is 14.2. The van der Waals surface area contributed by atoms with Crippen molar-refractivity contribution in [2.45, 2.75) is 39.3 Å². The lowest BCUT2D eigenvalue weighted by molar-refractivity contribution is 0.0396. The molecule has 2 aromatic rings. The van der Waals surface area contributed by atoms with E-state index in [1.807, 2.05) is 11.8 Å². The molecule has 1 unspecified atom stereocenters. The van der Waals surface area contributed by atoms with Gasteiger partial charge in [0.15, 0.2) is 11.6 Å². The maximum absolute atomic E-state index is 14.2. The van der Waals surface area contributed by atoms with Crippen molar-refractivity contribution in [3.8, 4) is 0 Å². The number of halogens is 3. The van der Waals surface area contributed by atoms with Gasteiger partial charge in [0.05, 0.1) is 5.75 Å². The molecule has 0 radical (unpaired) electrons. The highest BCUT2D eigenvalue weighted by Crippen LogP contribution is 2.29. The molecule has 0 aromatic heterocycles. The van der Waals surface area contributed by atoms with Gasteiger partial charge in [-0.2, -0.15) is 0 Å². The van der Waals surface area contributed by atoms with Gasteiger partial charge < -0.3 is 4.90 Å². The molecule has 1 saturated heterocycles. The van der Waals surface area contributed by atoms with Gasteiger partial charge in [-0.05, 0) is 56.7 Å². The van der Waals surface area contributed by atoms with Gasteiger partial charge in [-0.1, -0.05) is 6.92 Å². The predicted octanol–water partition coefficient (Wildman–Crippen LogP) is 4.16. The van der Waals surface area contributed by atoms with Crippen LogP contribution in [-0.4, -0.2) is 55.6 Å². The minimum atomic E-state index is -3.42. The van der Waals surface area contributed by atoms with Crippen molar-refractivity contribution in [3.63, 3.8) is 0 Å². The molecule has 1 fully saturated rings. The molecule has 180 valence electrons. The third-order valence-electron chi connectivity index (χ3n) is 5.84. The summed E-state index contributed by atoms with van der Waals surface area (Å²) < 4.78 is 68.3. The molecule has 1 N–H and O–H groups in total. The largest absolute Gasteiger partial charge is 0.333 e. The molecule has 0 spiro atoms. The highest BCUT2D eigenvalue weighted by Gasteiger charge is 2.33. The smallest absolute Gasteiger partial charge is 0.254 e. The van der Waals surface area contributed by atoms with Crippen molar-refractivity contribution in [1.29, 1.82) is 0 Å². The molecule has 3 rings (SSSR count). The summed E-state index contributed by atoms with van der Waals surface area (Å²) in [5, 5.41) is 0. The Morgan fingerprint density at radius 3 is 2.33 bits per heavy atom. The van der Waals surface area contributed by atoms with E-state index in [2.05, 4.69) is 4.72 Å². The molecule has 2 atom stereocenters. The lowest BCUT2D eigenvalue weighted by Gasteiger charge is -2.42. The lowest BCUT2D eigenvalue weighted by Crippen LogP contribution is -2.54. The van der Waals surface area contributed by atoms with Crippen LogP contribution < -0.4 is 4.72 Å². The maximum Gasteiger partial charge on any atom is 0.254 e. The van der Waals surface area contributed by atoms with Crippen molar-refractivity contribution in [2.75, 3.05) is 30.1 Å². The lowest BCUT2D eigenvalue weighted by atomic mass is 10.0. The second-order valence-electron chi connectivity index (χ2n) is 8.27. The van der Waals surface area contributed by atoms with Gasteiger partial charge in [0, 0.05) is 48.5 Å². The zero-order valence-corrected chi connectivity index (χ0v) is 19.6. The number of nitrogens with one attached hydrogen (secondary N) is 1. The molecule has 1 amide bonds. The van der Waals surface area contributed by atoms with E-state index in [0.717, 1.165) is 12.1 Å². The highest BCUT2D eigenvalue weighted by molar-refractivity contribution is 7.92. The van der Waals surface area contributed by atoms with Crippen LogP contribution in [0, 0.1) is 17.5 Å². The number of carbonyl (C=O) groups excluding carboxylic acids is 1. The van der Waals surface area contributed by atoms with Gasteiger partial charge in [-0.25, -0.2) is 21.6 Å². The van der Waals surface area contributed by atoms with E-state index in [1.165, 1.54) is 0 Å². The van der Waals surface area contributed by atoms with Crippen molar-refractivity contribution >= 4 is 21.6 Å². The number of rotatable bonds is 7. The monoisotopic (exact) mass is 483 g/mol. The van der Waals surface area contributed by atoms with Crippen LogP contribution in [0.25, 0.3) is 0 Å². The first kappa shape index (κ1) is 25.0. The summed E-state index contributed by atoms with van der Waals surface area (Å²) in [6.07, 6.45) is 0.493. The van der Waals surface area contributed by atoms with E-state index in [0.29, 0.717) is 37.3 Å². The summed E-state index contributed by atoms with van der Waals surface area (Å²) in [5.74, 6) is -3.30. The Kier molecular flexibility index (Phi) is 7.69. The quantitative estimate of drug-likeness (QED) is 0.601. The summed E-state index contributed by atoms with van der Waals surface area (Å²) in [7, 11) is -3.42. The van der Waals surface area contributed by atoms with E-state index >= 15 is 0 Å². The molecule has 6 nitrogen and oxygen atoms in total. The van der Waals surface area contributed by atoms with Crippen LogP contribution in [0.3, 0.4) is 0 Å². The van der Waals surface area contributed by atoms with Crippen LogP contribution in [0.2, 0.25) is 0 Å². The van der Waals surface area contributed by atoms with Crippen LogP contribution in [0.1, 0.15) is 49.2 Å². The van der Waals surface area contributed by atoms with Gasteiger partial charge in [0.2, 0.25) is 10.0 Å². The number of amides is 1. The van der Waals surface area contributed by atoms with E-state index < -0.39 is 33.5 Å². The third kappa shape index (κ3) is 5.67. The average Bonchev–Trinajstić information content (AvgIpc) is 2.76. The SMILES string of the molecule is CCCS(=O)(=O)Nc1ccc(C(=O)N2CCN(C(C)c3c(F)ccc(F)c3F)C[C@@H]2C)cc1. The fourth-order valence-electron chi connectivity index (χ4n) is 4.09. The van der Waals surface area contributed by atoms with Crippen molar-refractivity contribution < 1.29 is 26.4 Å². The Balaban J connectivity index is 1.67. The highest BCUT2D eigenvalue weighted by atomic mass is 32.2. The summed E-state index contributed by atoms with van der Waals surface area (Å²) in [4.78, 5) is 16.5. The predicted molar refractivity (Wildman–Crippen MR) is 121 cm³/mol. The van der Waals surface area contributed by atoms with E-state index in [1.54, 1.807) is 43.0 Å². The van der Waals surface area contributed by atoms with Crippen molar-refractivity contribution in [2.24, 2.45) is 0 Å². The van der Waals surface area contributed by atoms with Crippen LogP contribution in [0.15, 0.2) is 36.4 Å². The Morgan fingerprint density at radius 1 is 1.09 bits per heavy atom. The summed E-state index contributed by atoms with van der Waals surface area (Å²) in [6.45, 7) is 6.27. The molecule has 2 aromatic carbocycles. The topological polar surface area (TPSA) is 69.7 Å². The number of hydrogen-bond acceptors (Lipinski definition) is 4. The molecular weight excluding hydrogens is 455 g/mol. The first-order chi connectivity index (χ1) is 15.5. The molecule has 10 heteroatoms. The average molecular weight is 484 g/mol. The van der Waals surface area contributed by atoms with Crippen LogP contribution in [0.4, 0.5) is 18.9 Å². The van der Waals surface area contributed by atoms with Gasteiger partial charge in [0.25, 0.3) is 5.91 Å². The van der Waals surface area contributed by atoms with Gasteiger partial charge in [-0.3, -0.25) is 14.4 Å². The molecule has 1 aliphatic rings. The zero-order chi connectivity index (χ0) is 24.3. The van der Waals surface area contributed by atoms with E-state index in [4.69, 9.17) is 0 Å². The van der Waals surface area contributed by atoms with Crippen LogP contribution in [-0.2, 0) is 10.0 Å². The zero-order valence-electron chi connectivity index (χ0n) is 18.8. The summed E-state index contributed by atoms with van der Waals surface area (Å²) in [6, 6.07) is 6.93.